The first-order valence-electron chi connectivity index (χ1n) is 7.08. The molecular formula is C16H19FN2O. The Morgan fingerprint density at radius 1 is 1.35 bits per heavy atom. The van der Waals surface area contributed by atoms with Gasteiger partial charge in [0.1, 0.15) is 11.6 Å². The third kappa shape index (κ3) is 3.07. The molecule has 0 saturated carbocycles. The van der Waals surface area contributed by atoms with E-state index in [1.54, 1.807) is 18.3 Å². The zero-order chi connectivity index (χ0) is 13.9. The molecule has 1 aliphatic rings. The monoisotopic (exact) mass is 274 g/mol. The van der Waals surface area contributed by atoms with Crippen LogP contribution in [0.15, 0.2) is 34.9 Å². The average Bonchev–Trinajstić information content (AvgIpc) is 2.90. The number of rotatable bonds is 3. The van der Waals surface area contributed by atoms with Crippen molar-refractivity contribution in [2.24, 2.45) is 0 Å². The maximum Gasteiger partial charge on any atom is 0.198 e. The number of nitrogens with zero attached hydrogens (tertiary/aromatic N) is 2. The molecule has 1 atom stereocenters. The van der Waals surface area contributed by atoms with Crippen molar-refractivity contribution in [2.45, 2.75) is 25.2 Å². The van der Waals surface area contributed by atoms with E-state index in [1.807, 2.05) is 0 Å². The van der Waals surface area contributed by atoms with Gasteiger partial charge in [0.05, 0.1) is 6.20 Å². The van der Waals surface area contributed by atoms with Crippen LogP contribution in [0.25, 0.3) is 0 Å². The van der Waals surface area contributed by atoms with E-state index in [1.165, 1.54) is 18.6 Å². The normalized spacial score (nSPS) is 20.2. The molecule has 0 unspecified atom stereocenters. The maximum atomic E-state index is 12.9. The number of piperidine rings is 1. The van der Waals surface area contributed by atoms with Crippen molar-refractivity contribution in [3.8, 4) is 0 Å². The largest absolute Gasteiger partial charge is 0.445 e. The summed E-state index contributed by atoms with van der Waals surface area (Å²) in [6, 6.07) is 6.52. The smallest absolute Gasteiger partial charge is 0.198 e. The molecule has 20 heavy (non-hydrogen) atoms. The third-order valence-electron chi connectivity index (χ3n) is 3.84. The molecule has 4 heteroatoms. The van der Waals surface area contributed by atoms with Gasteiger partial charge < -0.3 is 9.32 Å². The zero-order valence-corrected chi connectivity index (χ0v) is 11.7. The molecule has 1 aromatic heterocycles. The van der Waals surface area contributed by atoms with Gasteiger partial charge in [-0.3, -0.25) is 0 Å². The Labute approximate surface area is 118 Å². The highest BCUT2D eigenvalue weighted by Gasteiger charge is 2.23. The molecule has 0 amide bonds. The summed E-state index contributed by atoms with van der Waals surface area (Å²) in [6.45, 7) is 2.16. The second-order valence-corrected chi connectivity index (χ2v) is 5.57. The molecule has 2 heterocycles. The number of likely N-dealkylation sites (N-methyl/N-ethyl adjacent to an activating group) is 1. The van der Waals surface area contributed by atoms with Crippen LogP contribution in [0.5, 0.6) is 0 Å². The number of oxazole rings is 1. The topological polar surface area (TPSA) is 29.3 Å². The van der Waals surface area contributed by atoms with Crippen LogP contribution < -0.4 is 0 Å². The summed E-state index contributed by atoms with van der Waals surface area (Å²) in [5.41, 5.74) is 1.04. The minimum Gasteiger partial charge on any atom is -0.445 e. The molecule has 106 valence electrons. The second kappa shape index (κ2) is 5.75. The summed E-state index contributed by atoms with van der Waals surface area (Å²) >= 11 is 0. The van der Waals surface area contributed by atoms with Gasteiger partial charge in [0.25, 0.3) is 0 Å². The summed E-state index contributed by atoms with van der Waals surface area (Å²) < 4.78 is 18.7. The fourth-order valence-corrected chi connectivity index (χ4v) is 2.76. The summed E-state index contributed by atoms with van der Waals surface area (Å²) in [7, 11) is 2.13. The van der Waals surface area contributed by atoms with Crippen molar-refractivity contribution in [1.29, 1.82) is 0 Å². The number of hydrogen-bond donors (Lipinski definition) is 0. The molecule has 0 aliphatic carbocycles. The standard InChI is InChI=1S/C16H19FN2O/c1-19-8-2-3-13(11-19)16-18-10-15(20-16)9-12-4-6-14(17)7-5-12/h4-7,10,13H,2-3,8-9,11H2,1H3/t13-/m0/s1. The SMILES string of the molecule is CN1CCC[C@H](c2ncc(Cc3ccc(F)cc3)o2)C1. The molecule has 0 bridgehead atoms. The number of halogens is 1. The maximum absolute atomic E-state index is 12.9. The Kier molecular flexibility index (Phi) is 3.83. The van der Waals surface area contributed by atoms with Crippen LogP contribution in [0.4, 0.5) is 4.39 Å². The summed E-state index contributed by atoms with van der Waals surface area (Å²) in [5.74, 6) is 1.88. The predicted octanol–water partition coefficient (Wildman–Crippen LogP) is 3.21. The Morgan fingerprint density at radius 2 is 2.15 bits per heavy atom. The number of likely N-dealkylation sites (tertiary alicyclic amines) is 1. The van der Waals surface area contributed by atoms with Gasteiger partial charge in [-0.25, -0.2) is 9.37 Å². The van der Waals surface area contributed by atoms with Gasteiger partial charge in [-0.2, -0.15) is 0 Å². The van der Waals surface area contributed by atoms with Crippen LogP contribution in [0.3, 0.4) is 0 Å². The van der Waals surface area contributed by atoms with Crippen molar-refractivity contribution < 1.29 is 8.81 Å². The second-order valence-electron chi connectivity index (χ2n) is 5.57. The fraction of sp³-hybridized carbons (Fsp3) is 0.438. The first kappa shape index (κ1) is 13.3. The molecule has 1 aromatic carbocycles. The lowest BCUT2D eigenvalue weighted by Crippen LogP contribution is -2.30. The lowest BCUT2D eigenvalue weighted by molar-refractivity contribution is 0.228. The van der Waals surface area contributed by atoms with Crippen molar-refractivity contribution in [3.05, 3.63) is 53.5 Å². The highest BCUT2D eigenvalue weighted by Crippen LogP contribution is 2.26. The predicted molar refractivity (Wildman–Crippen MR) is 75.2 cm³/mol. The Balaban J connectivity index is 1.68. The summed E-state index contributed by atoms with van der Waals surface area (Å²) in [5, 5.41) is 0. The lowest BCUT2D eigenvalue weighted by atomic mass is 9.99. The number of aromatic nitrogens is 1. The van der Waals surface area contributed by atoms with Gasteiger partial charge in [0, 0.05) is 18.9 Å². The van der Waals surface area contributed by atoms with Gasteiger partial charge in [0.15, 0.2) is 5.89 Å². The van der Waals surface area contributed by atoms with Crippen LogP contribution in [-0.4, -0.2) is 30.0 Å². The van der Waals surface area contributed by atoms with Crippen LogP contribution in [0.2, 0.25) is 0 Å². The molecule has 0 N–H and O–H groups in total. The van der Waals surface area contributed by atoms with Crippen LogP contribution >= 0.6 is 0 Å². The first-order chi connectivity index (χ1) is 9.70. The molecule has 1 aliphatic heterocycles. The van der Waals surface area contributed by atoms with Gasteiger partial charge in [-0.1, -0.05) is 12.1 Å². The van der Waals surface area contributed by atoms with E-state index >= 15 is 0 Å². The zero-order valence-electron chi connectivity index (χ0n) is 11.7. The molecule has 0 spiro atoms. The van der Waals surface area contributed by atoms with E-state index in [0.29, 0.717) is 12.3 Å². The summed E-state index contributed by atoms with van der Waals surface area (Å²) in [4.78, 5) is 6.74. The van der Waals surface area contributed by atoms with Crippen molar-refractivity contribution in [3.63, 3.8) is 0 Å². The minimum atomic E-state index is -0.211. The van der Waals surface area contributed by atoms with Gasteiger partial charge in [-0.15, -0.1) is 0 Å². The minimum absolute atomic E-state index is 0.211. The lowest BCUT2D eigenvalue weighted by Gasteiger charge is -2.27. The highest BCUT2D eigenvalue weighted by molar-refractivity contribution is 5.20. The van der Waals surface area contributed by atoms with E-state index < -0.39 is 0 Å². The van der Waals surface area contributed by atoms with Gasteiger partial charge >= 0.3 is 0 Å². The first-order valence-corrected chi connectivity index (χ1v) is 7.08. The van der Waals surface area contributed by atoms with E-state index in [0.717, 1.165) is 36.7 Å². The fourth-order valence-electron chi connectivity index (χ4n) is 2.76. The summed E-state index contributed by atoms with van der Waals surface area (Å²) in [6.07, 6.45) is 4.79. The van der Waals surface area contributed by atoms with E-state index in [2.05, 4.69) is 16.9 Å². The third-order valence-corrected chi connectivity index (χ3v) is 3.84. The number of hydrogen-bond acceptors (Lipinski definition) is 3. The van der Waals surface area contributed by atoms with Crippen molar-refractivity contribution in [1.82, 2.24) is 9.88 Å². The van der Waals surface area contributed by atoms with E-state index in [-0.39, 0.29) is 5.82 Å². The molecule has 3 nitrogen and oxygen atoms in total. The van der Waals surface area contributed by atoms with Crippen LogP contribution in [-0.2, 0) is 6.42 Å². The van der Waals surface area contributed by atoms with Crippen molar-refractivity contribution >= 4 is 0 Å². The average molecular weight is 274 g/mol. The van der Waals surface area contributed by atoms with E-state index in [4.69, 9.17) is 4.42 Å². The van der Waals surface area contributed by atoms with E-state index in [9.17, 15) is 4.39 Å². The van der Waals surface area contributed by atoms with Crippen LogP contribution in [0.1, 0.15) is 36.0 Å². The Hall–Kier alpha value is -1.68. The van der Waals surface area contributed by atoms with Crippen molar-refractivity contribution in [2.75, 3.05) is 20.1 Å². The van der Waals surface area contributed by atoms with Crippen LogP contribution in [0, 0.1) is 5.82 Å². The van der Waals surface area contributed by atoms with Gasteiger partial charge in [-0.05, 0) is 44.1 Å². The molecule has 0 radical (unpaired) electrons. The Morgan fingerprint density at radius 3 is 2.90 bits per heavy atom. The molecular weight excluding hydrogens is 255 g/mol. The van der Waals surface area contributed by atoms with Gasteiger partial charge in [0.2, 0.25) is 0 Å². The molecule has 1 saturated heterocycles. The molecule has 1 fully saturated rings. The molecule has 3 rings (SSSR count). The Bertz CT molecular complexity index is 564. The quantitative estimate of drug-likeness (QED) is 0.860. The highest BCUT2D eigenvalue weighted by atomic mass is 19.1. The number of benzene rings is 1. The molecule has 2 aromatic rings.